The minimum atomic E-state index is -0.0755. The van der Waals surface area contributed by atoms with E-state index >= 15 is 0 Å². The van der Waals surface area contributed by atoms with E-state index < -0.39 is 0 Å². The van der Waals surface area contributed by atoms with Crippen molar-refractivity contribution in [2.75, 3.05) is 13.1 Å². The Morgan fingerprint density at radius 2 is 1.96 bits per heavy atom. The number of nitrogens with zero attached hydrogens (tertiary/aromatic N) is 3. The fourth-order valence-electron chi connectivity index (χ4n) is 3.46. The highest BCUT2D eigenvalue weighted by Gasteiger charge is 2.29. The highest BCUT2D eigenvalue weighted by Crippen LogP contribution is 2.19. The number of carbonyl (C=O) groups excluding carboxylic acids is 2. The summed E-state index contributed by atoms with van der Waals surface area (Å²) >= 11 is 0. The highest BCUT2D eigenvalue weighted by molar-refractivity contribution is 5.75. The van der Waals surface area contributed by atoms with Crippen LogP contribution < -0.4 is 5.32 Å². The van der Waals surface area contributed by atoms with Crippen molar-refractivity contribution in [3.63, 3.8) is 0 Å². The Labute approximate surface area is 160 Å². The van der Waals surface area contributed by atoms with Crippen molar-refractivity contribution in [2.45, 2.75) is 38.9 Å². The van der Waals surface area contributed by atoms with E-state index in [9.17, 15) is 9.59 Å². The van der Waals surface area contributed by atoms with Gasteiger partial charge in [-0.1, -0.05) is 36.4 Å². The number of pyridine rings is 1. The Hall–Kier alpha value is -2.89. The average molecular weight is 366 g/mol. The number of piperidine rings is 1. The van der Waals surface area contributed by atoms with Crippen LogP contribution in [0.5, 0.6) is 0 Å². The average Bonchev–Trinajstić information content (AvgIpc) is 2.71. The number of rotatable bonds is 5. The number of aromatic nitrogens is 1. The lowest BCUT2D eigenvalue weighted by Crippen LogP contribution is -2.53. The molecule has 1 fully saturated rings. The Kier molecular flexibility index (Phi) is 6.41. The van der Waals surface area contributed by atoms with Crippen LogP contribution in [-0.4, -0.2) is 45.9 Å². The van der Waals surface area contributed by atoms with E-state index in [0.29, 0.717) is 19.6 Å². The number of amides is 3. The second-order valence-electron chi connectivity index (χ2n) is 6.89. The summed E-state index contributed by atoms with van der Waals surface area (Å²) in [5.74, 6) is 0.0235. The van der Waals surface area contributed by atoms with Gasteiger partial charge in [0.2, 0.25) is 5.91 Å². The summed E-state index contributed by atoms with van der Waals surface area (Å²) in [7, 11) is 0. The van der Waals surface area contributed by atoms with E-state index in [1.165, 1.54) is 0 Å². The molecule has 0 spiro atoms. The van der Waals surface area contributed by atoms with Crippen molar-refractivity contribution in [1.82, 2.24) is 20.1 Å². The molecule has 3 amide bonds. The summed E-state index contributed by atoms with van der Waals surface area (Å²) in [6.07, 6.45) is 5.30. The molecule has 27 heavy (non-hydrogen) atoms. The van der Waals surface area contributed by atoms with Crippen molar-refractivity contribution < 1.29 is 9.59 Å². The molecule has 1 N–H and O–H groups in total. The summed E-state index contributed by atoms with van der Waals surface area (Å²) in [5.41, 5.74) is 2.07. The number of hydrogen-bond acceptors (Lipinski definition) is 3. The van der Waals surface area contributed by atoms with Crippen molar-refractivity contribution in [1.29, 1.82) is 0 Å². The third kappa shape index (κ3) is 5.29. The second-order valence-corrected chi connectivity index (χ2v) is 6.89. The maximum absolute atomic E-state index is 12.6. The lowest BCUT2D eigenvalue weighted by Gasteiger charge is -2.39. The summed E-state index contributed by atoms with van der Waals surface area (Å²) in [4.78, 5) is 32.6. The van der Waals surface area contributed by atoms with Crippen LogP contribution in [0.1, 0.15) is 30.9 Å². The molecule has 1 atom stereocenters. The first-order valence-corrected chi connectivity index (χ1v) is 9.36. The van der Waals surface area contributed by atoms with Crippen LogP contribution in [-0.2, 0) is 17.9 Å². The molecule has 1 aliphatic heterocycles. The fraction of sp³-hybridized carbons (Fsp3) is 0.381. The third-order valence-corrected chi connectivity index (χ3v) is 4.89. The number of benzene rings is 1. The number of carbonyl (C=O) groups is 2. The lowest BCUT2D eigenvalue weighted by molar-refractivity contribution is -0.132. The first-order chi connectivity index (χ1) is 13.1. The molecule has 1 aromatic carbocycles. The topological polar surface area (TPSA) is 65.5 Å². The predicted octanol–water partition coefficient (Wildman–Crippen LogP) is 2.80. The minimum absolute atomic E-state index is 0.0235. The molecule has 142 valence electrons. The Bertz CT molecular complexity index is 751. The van der Waals surface area contributed by atoms with Crippen LogP contribution >= 0.6 is 0 Å². The molecular formula is C21H26N4O2. The molecule has 1 aromatic heterocycles. The molecule has 0 bridgehead atoms. The van der Waals surface area contributed by atoms with Crippen LogP contribution in [0.25, 0.3) is 0 Å². The van der Waals surface area contributed by atoms with E-state index in [4.69, 9.17) is 0 Å². The maximum atomic E-state index is 12.6. The van der Waals surface area contributed by atoms with Crippen molar-refractivity contribution in [2.24, 2.45) is 0 Å². The second kappa shape index (κ2) is 9.16. The number of hydrogen-bond donors (Lipinski definition) is 1. The molecule has 6 heteroatoms. The third-order valence-electron chi connectivity index (χ3n) is 4.89. The van der Waals surface area contributed by atoms with Gasteiger partial charge in [0.05, 0.1) is 0 Å². The van der Waals surface area contributed by atoms with E-state index in [1.807, 2.05) is 52.3 Å². The Morgan fingerprint density at radius 3 is 2.67 bits per heavy atom. The SMILES string of the molecule is CC(=O)N(Cc1cccnc1)C1CCCN(C(=O)NCc2ccccc2)C1. The monoisotopic (exact) mass is 366 g/mol. The number of likely N-dealkylation sites (tertiary alicyclic amines) is 1. The van der Waals surface area contributed by atoms with Crippen molar-refractivity contribution >= 4 is 11.9 Å². The summed E-state index contributed by atoms with van der Waals surface area (Å²) in [6, 6.07) is 13.7. The van der Waals surface area contributed by atoms with Gasteiger partial charge in [-0.25, -0.2) is 4.79 Å². The molecule has 3 rings (SSSR count). The molecule has 6 nitrogen and oxygen atoms in total. The van der Waals surface area contributed by atoms with Crippen LogP contribution in [0.4, 0.5) is 4.79 Å². The smallest absolute Gasteiger partial charge is 0.317 e. The van der Waals surface area contributed by atoms with Crippen LogP contribution in [0.15, 0.2) is 54.9 Å². The summed E-state index contributed by atoms with van der Waals surface area (Å²) in [6.45, 7) is 3.89. The quantitative estimate of drug-likeness (QED) is 0.885. The normalized spacial score (nSPS) is 16.6. The molecule has 1 unspecified atom stereocenters. The zero-order chi connectivity index (χ0) is 19.1. The standard InChI is InChI=1S/C21H26N4O2/c1-17(26)25(15-19-9-5-11-22-13-19)20-10-6-12-24(16-20)21(27)23-14-18-7-3-2-4-8-18/h2-5,7-9,11,13,20H,6,10,12,14-16H2,1H3,(H,23,27). The minimum Gasteiger partial charge on any atom is -0.334 e. The van der Waals surface area contributed by atoms with E-state index in [1.54, 1.807) is 19.3 Å². The van der Waals surface area contributed by atoms with Gasteiger partial charge in [0.15, 0.2) is 0 Å². The molecule has 1 saturated heterocycles. The zero-order valence-electron chi connectivity index (χ0n) is 15.7. The van der Waals surface area contributed by atoms with Gasteiger partial charge in [0.25, 0.3) is 0 Å². The Morgan fingerprint density at radius 1 is 1.19 bits per heavy atom. The van der Waals surface area contributed by atoms with Crippen molar-refractivity contribution in [3.05, 3.63) is 66.0 Å². The van der Waals surface area contributed by atoms with Gasteiger partial charge >= 0.3 is 6.03 Å². The van der Waals surface area contributed by atoms with Crippen LogP contribution in [0.3, 0.4) is 0 Å². The first-order valence-electron chi connectivity index (χ1n) is 9.36. The summed E-state index contributed by atoms with van der Waals surface area (Å²) in [5, 5.41) is 2.98. The van der Waals surface area contributed by atoms with E-state index in [2.05, 4.69) is 10.3 Å². The van der Waals surface area contributed by atoms with Gasteiger partial charge in [-0.3, -0.25) is 9.78 Å². The maximum Gasteiger partial charge on any atom is 0.317 e. The van der Waals surface area contributed by atoms with Gasteiger partial charge in [-0.2, -0.15) is 0 Å². The molecule has 1 aliphatic rings. The van der Waals surface area contributed by atoms with Crippen LogP contribution in [0, 0.1) is 0 Å². The molecule has 0 aliphatic carbocycles. The fourth-order valence-corrected chi connectivity index (χ4v) is 3.46. The Balaban J connectivity index is 1.59. The molecule has 2 aromatic rings. The molecule has 2 heterocycles. The zero-order valence-corrected chi connectivity index (χ0v) is 15.7. The number of nitrogens with one attached hydrogen (secondary N) is 1. The summed E-state index contributed by atoms with van der Waals surface area (Å²) < 4.78 is 0. The number of urea groups is 1. The lowest BCUT2D eigenvalue weighted by atomic mass is 10.0. The molecule has 0 saturated carbocycles. The first kappa shape index (κ1) is 18.9. The van der Waals surface area contributed by atoms with E-state index in [-0.39, 0.29) is 18.0 Å². The van der Waals surface area contributed by atoms with Crippen LogP contribution in [0.2, 0.25) is 0 Å². The largest absolute Gasteiger partial charge is 0.334 e. The molecular weight excluding hydrogens is 340 g/mol. The van der Waals surface area contributed by atoms with Gasteiger partial charge in [0, 0.05) is 51.5 Å². The van der Waals surface area contributed by atoms with Gasteiger partial charge < -0.3 is 15.1 Å². The van der Waals surface area contributed by atoms with Gasteiger partial charge in [0.1, 0.15) is 0 Å². The van der Waals surface area contributed by atoms with E-state index in [0.717, 1.165) is 30.5 Å². The van der Waals surface area contributed by atoms with Gasteiger partial charge in [-0.15, -0.1) is 0 Å². The molecule has 0 radical (unpaired) electrons. The predicted molar refractivity (Wildman–Crippen MR) is 104 cm³/mol. The van der Waals surface area contributed by atoms with Crippen molar-refractivity contribution in [3.8, 4) is 0 Å². The highest BCUT2D eigenvalue weighted by atomic mass is 16.2. The van der Waals surface area contributed by atoms with Gasteiger partial charge in [-0.05, 0) is 30.0 Å².